The lowest BCUT2D eigenvalue weighted by molar-refractivity contribution is 0.194. The van der Waals surface area contributed by atoms with E-state index in [-0.39, 0.29) is 17.3 Å². The molecule has 5 heteroatoms. The quantitative estimate of drug-likeness (QED) is 0.755. The lowest BCUT2D eigenvalue weighted by Crippen LogP contribution is -2.51. The Hall–Kier alpha value is -0.130. The van der Waals surface area contributed by atoms with Gasteiger partial charge in [-0.05, 0) is 13.3 Å². The molecular formula is C9H20N2O2S. The molecule has 4 nitrogen and oxygen atoms in total. The number of likely N-dealkylation sites (N-methyl/N-ethyl adjacent to an activating group) is 1. The maximum absolute atomic E-state index is 11.7. The van der Waals surface area contributed by atoms with Crippen molar-refractivity contribution in [3.8, 4) is 0 Å². The predicted octanol–water partition coefficient (Wildman–Crippen LogP) is 0.538. The van der Waals surface area contributed by atoms with Gasteiger partial charge in [0.2, 0.25) is 10.0 Å². The maximum Gasteiger partial charge on any atom is 0.216 e. The van der Waals surface area contributed by atoms with E-state index in [0.29, 0.717) is 6.54 Å². The highest BCUT2D eigenvalue weighted by molar-refractivity contribution is 7.89. The normalized spacial score (nSPS) is 37.6. The maximum atomic E-state index is 11.7. The van der Waals surface area contributed by atoms with Crippen LogP contribution in [0.3, 0.4) is 0 Å². The highest BCUT2D eigenvalue weighted by atomic mass is 32.2. The molecule has 1 rings (SSSR count). The van der Waals surface area contributed by atoms with E-state index in [0.717, 1.165) is 12.8 Å². The van der Waals surface area contributed by atoms with E-state index >= 15 is 0 Å². The Morgan fingerprint density at radius 3 is 2.50 bits per heavy atom. The molecule has 2 unspecified atom stereocenters. The number of sulfonamides is 1. The second-order valence-corrected chi connectivity index (χ2v) is 6.09. The third-order valence-electron chi connectivity index (χ3n) is 3.14. The summed E-state index contributed by atoms with van der Waals surface area (Å²) >= 11 is 0. The van der Waals surface area contributed by atoms with E-state index in [1.807, 2.05) is 13.8 Å². The van der Waals surface area contributed by atoms with Gasteiger partial charge in [-0.1, -0.05) is 20.3 Å². The zero-order chi connectivity index (χ0) is 11.0. The van der Waals surface area contributed by atoms with Crippen LogP contribution in [0.1, 0.15) is 33.6 Å². The molecule has 2 atom stereocenters. The molecule has 2 N–H and O–H groups in total. The lowest BCUT2D eigenvalue weighted by atomic mass is 9.89. The molecule has 0 amide bonds. The summed E-state index contributed by atoms with van der Waals surface area (Å²) in [6.45, 7) is 6.39. The number of nitrogens with two attached hydrogens (primary N) is 1. The first-order valence-electron chi connectivity index (χ1n) is 5.14. The van der Waals surface area contributed by atoms with Crippen molar-refractivity contribution in [2.45, 2.75) is 45.2 Å². The fourth-order valence-corrected chi connectivity index (χ4v) is 4.62. The molecule has 84 valence electrons. The topological polar surface area (TPSA) is 63.4 Å². The van der Waals surface area contributed by atoms with Crippen LogP contribution in [0.2, 0.25) is 0 Å². The Kier molecular flexibility index (Phi) is 3.23. The second-order valence-electron chi connectivity index (χ2n) is 4.16. The molecule has 0 aromatic carbocycles. The molecule has 1 aliphatic heterocycles. The predicted molar refractivity (Wildman–Crippen MR) is 57.5 cm³/mol. The number of nitrogens with zero attached hydrogens (tertiary/aromatic N) is 1. The number of hydrogen-bond donors (Lipinski definition) is 1. The zero-order valence-electron chi connectivity index (χ0n) is 9.16. The Bertz CT molecular complexity index is 302. The molecule has 0 radical (unpaired) electrons. The molecule has 1 saturated heterocycles. The van der Waals surface area contributed by atoms with Crippen molar-refractivity contribution < 1.29 is 8.42 Å². The van der Waals surface area contributed by atoms with Crippen molar-refractivity contribution in [1.82, 2.24) is 4.31 Å². The van der Waals surface area contributed by atoms with Crippen LogP contribution in [0.25, 0.3) is 0 Å². The van der Waals surface area contributed by atoms with Gasteiger partial charge in [0.15, 0.2) is 0 Å². The van der Waals surface area contributed by atoms with Gasteiger partial charge in [-0.25, -0.2) is 8.42 Å². The van der Waals surface area contributed by atoms with Gasteiger partial charge < -0.3 is 5.73 Å². The molecule has 1 fully saturated rings. The van der Waals surface area contributed by atoms with E-state index in [1.54, 1.807) is 4.31 Å². The SMILES string of the molecule is CCCC1(C)C(N)CS(=O)(=O)N1CC. The lowest BCUT2D eigenvalue weighted by Gasteiger charge is -2.35. The van der Waals surface area contributed by atoms with Crippen LogP contribution in [-0.4, -0.2) is 36.6 Å². The summed E-state index contributed by atoms with van der Waals surface area (Å²) in [6, 6.07) is -0.257. The van der Waals surface area contributed by atoms with Gasteiger partial charge in [-0.15, -0.1) is 0 Å². The second kappa shape index (κ2) is 3.79. The van der Waals surface area contributed by atoms with Crippen molar-refractivity contribution in [3.63, 3.8) is 0 Å². The van der Waals surface area contributed by atoms with Crippen LogP contribution in [0, 0.1) is 0 Å². The molecule has 1 heterocycles. The summed E-state index contributed by atoms with van der Waals surface area (Å²) in [4.78, 5) is 0. The fraction of sp³-hybridized carbons (Fsp3) is 1.00. The first-order valence-corrected chi connectivity index (χ1v) is 6.75. The summed E-state index contributed by atoms with van der Waals surface area (Å²) in [7, 11) is -3.11. The first kappa shape index (κ1) is 11.9. The Balaban J connectivity index is 3.05. The highest BCUT2D eigenvalue weighted by Crippen LogP contribution is 2.34. The zero-order valence-corrected chi connectivity index (χ0v) is 9.97. The van der Waals surface area contributed by atoms with Gasteiger partial charge in [-0.2, -0.15) is 4.31 Å². The third-order valence-corrected chi connectivity index (χ3v) is 5.27. The van der Waals surface area contributed by atoms with Crippen molar-refractivity contribution in [1.29, 1.82) is 0 Å². The molecule has 0 saturated carbocycles. The summed E-state index contributed by atoms with van der Waals surface area (Å²) in [5, 5.41) is 0. The van der Waals surface area contributed by atoms with Gasteiger partial charge in [0.1, 0.15) is 0 Å². The van der Waals surface area contributed by atoms with Crippen LogP contribution in [0.15, 0.2) is 0 Å². The van der Waals surface area contributed by atoms with Crippen molar-refractivity contribution in [2.75, 3.05) is 12.3 Å². The van der Waals surface area contributed by atoms with Gasteiger partial charge >= 0.3 is 0 Å². The van der Waals surface area contributed by atoms with Gasteiger partial charge in [0, 0.05) is 18.1 Å². The number of hydrogen-bond acceptors (Lipinski definition) is 3. The average Bonchev–Trinajstić information content (AvgIpc) is 2.19. The summed E-state index contributed by atoms with van der Waals surface area (Å²) < 4.78 is 25.0. The van der Waals surface area contributed by atoms with Crippen LogP contribution >= 0.6 is 0 Å². The highest BCUT2D eigenvalue weighted by Gasteiger charge is 2.50. The van der Waals surface area contributed by atoms with E-state index in [2.05, 4.69) is 6.92 Å². The molecule has 0 aromatic rings. The first-order chi connectivity index (χ1) is 6.38. The van der Waals surface area contributed by atoms with E-state index in [1.165, 1.54) is 0 Å². The molecule has 0 aromatic heterocycles. The Morgan fingerprint density at radius 2 is 2.07 bits per heavy atom. The van der Waals surface area contributed by atoms with E-state index in [4.69, 9.17) is 5.73 Å². The summed E-state index contributed by atoms with van der Waals surface area (Å²) in [5.41, 5.74) is 5.55. The van der Waals surface area contributed by atoms with Crippen molar-refractivity contribution in [3.05, 3.63) is 0 Å². The standard InChI is InChI=1S/C9H20N2O2S/c1-4-6-9(3)8(10)7-14(12,13)11(9)5-2/h8H,4-7,10H2,1-3H3. The van der Waals surface area contributed by atoms with Crippen molar-refractivity contribution in [2.24, 2.45) is 5.73 Å². The van der Waals surface area contributed by atoms with E-state index in [9.17, 15) is 8.42 Å². The van der Waals surface area contributed by atoms with Crippen LogP contribution in [0.5, 0.6) is 0 Å². The van der Waals surface area contributed by atoms with Crippen LogP contribution in [-0.2, 0) is 10.0 Å². The molecule has 0 spiro atoms. The smallest absolute Gasteiger partial charge is 0.216 e. The minimum absolute atomic E-state index is 0.0946. The Labute approximate surface area is 86.5 Å². The van der Waals surface area contributed by atoms with Gasteiger partial charge in [0.05, 0.1) is 5.75 Å². The molecule has 0 aliphatic carbocycles. The molecular weight excluding hydrogens is 200 g/mol. The minimum Gasteiger partial charge on any atom is -0.325 e. The molecule has 1 aliphatic rings. The minimum atomic E-state index is -3.11. The van der Waals surface area contributed by atoms with Gasteiger partial charge in [-0.3, -0.25) is 0 Å². The summed E-state index contributed by atoms with van der Waals surface area (Å²) in [6.07, 6.45) is 1.79. The van der Waals surface area contributed by atoms with Gasteiger partial charge in [0.25, 0.3) is 0 Å². The largest absolute Gasteiger partial charge is 0.325 e. The van der Waals surface area contributed by atoms with Crippen LogP contribution < -0.4 is 5.73 Å². The Morgan fingerprint density at radius 1 is 1.50 bits per heavy atom. The summed E-state index contributed by atoms with van der Waals surface area (Å²) in [5.74, 6) is 0.0946. The third kappa shape index (κ3) is 1.68. The fourth-order valence-electron chi connectivity index (χ4n) is 2.37. The molecule has 14 heavy (non-hydrogen) atoms. The van der Waals surface area contributed by atoms with Crippen molar-refractivity contribution >= 4 is 10.0 Å². The van der Waals surface area contributed by atoms with Crippen LogP contribution in [0.4, 0.5) is 0 Å². The average molecular weight is 220 g/mol. The van der Waals surface area contributed by atoms with E-state index < -0.39 is 10.0 Å². The molecule has 0 bridgehead atoms. The monoisotopic (exact) mass is 220 g/mol. The number of rotatable bonds is 3.